The molecule has 20 heteroatoms. The Hall–Kier alpha value is -5.30. The second kappa shape index (κ2) is 15.7. The molecule has 20 nitrogen and oxygen atoms in total. The highest BCUT2D eigenvalue weighted by Crippen LogP contribution is 2.63. The van der Waals surface area contributed by atoms with Gasteiger partial charge in [0.1, 0.15) is 11.8 Å². The number of hydrogen-bond acceptors (Lipinski definition) is 16. The number of esters is 4. The van der Waals surface area contributed by atoms with Gasteiger partial charge in [0.05, 0.1) is 50.1 Å². The van der Waals surface area contributed by atoms with Gasteiger partial charge in [0.15, 0.2) is 0 Å². The number of hydrogen-bond donors (Lipinski definition) is 0. The molecule has 4 aliphatic rings. The Bertz CT molecular complexity index is 1530. The summed E-state index contributed by atoms with van der Waals surface area (Å²) in [6.07, 6.45) is -4.01. The van der Waals surface area contributed by atoms with Gasteiger partial charge < -0.3 is 18.9 Å². The van der Waals surface area contributed by atoms with Crippen LogP contribution in [0.3, 0.4) is 0 Å². The summed E-state index contributed by atoms with van der Waals surface area (Å²) in [7, 11) is 0. The van der Waals surface area contributed by atoms with Crippen molar-refractivity contribution in [1.82, 2.24) is 0 Å². The van der Waals surface area contributed by atoms with Gasteiger partial charge in [-0.2, -0.15) is 0 Å². The molecule has 4 saturated carbocycles. The van der Waals surface area contributed by atoms with Gasteiger partial charge in [-0.15, -0.1) is 0 Å². The third-order valence-electron chi connectivity index (χ3n) is 12.5. The van der Waals surface area contributed by atoms with Crippen molar-refractivity contribution in [3.8, 4) is 0 Å². The van der Waals surface area contributed by atoms with E-state index >= 15 is 0 Å². The molecule has 0 radical (unpaired) electrons. The van der Waals surface area contributed by atoms with Crippen LogP contribution in [0.25, 0.3) is 0 Å². The van der Waals surface area contributed by atoms with Crippen LogP contribution in [-0.2, 0) is 38.1 Å². The zero-order chi connectivity index (χ0) is 41.4. The van der Waals surface area contributed by atoms with E-state index in [2.05, 4.69) is 0 Å². The van der Waals surface area contributed by atoms with E-state index in [9.17, 15) is 59.6 Å². The first-order valence-corrected chi connectivity index (χ1v) is 18.8. The van der Waals surface area contributed by atoms with Crippen molar-refractivity contribution in [3.63, 3.8) is 0 Å². The number of nitrogens with zero attached hydrogens (tertiary/aromatic N) is 4. The predicted octanol–water partition coefficient (Wildman–Crippen LogP) is 3.81. The molecule has 0 aliphatic heterocycles. The van der Waals surface area contributed by atoms with Crippen molar-refractivity contribution in [1.29, 1.82) is 0 Å². The summed E-state index contributed by atoms with van der Waals surface area (Å²) < 4.78 is 20.6. The lowest BCUT2D eigenvalue weighted by Crippen LogP contribution is -2.68. The molecule has 5 rings (SSSR count). The van der Waals surface area contributed by atoms with Gasteiger partial charge in [0, 0.05) is 71.1 Å². The first kappa shape index (κ1) is 41.9. The van der Waals surface area contributed by atoms with Crippen molar-refractivity contribution < 1.29 is 57.8 Å². The first-order valence-electron chi connectivity index (χ1n) is 18.8. The summed E-state index contributed by atoms with van der Waals surface area (Å²) in [5.41, 5.74) is -8.94. The summed E-state index contributed by atoms with van der Waals surface area (Å²) in [6, 6.07) is 5.23. The fourth-order valence-corrected chi connectivity index (χ4v) is 10.8. The van der Waals surface area contributed by atoms with Crippen LogP contribution < -0.4 is 0 Å². The molecular formula is C36H46N4O16. The van der Waals surface area contributed by atoms with E-state index in [4.69, 9.17) is 18.9 Å². The zero-order valence-corrected chi connectivity index (χ0v) is 31.6. The summed E-state index contributed by atoms with van der Waals surface area (Å²) in [5.74, 6) is -11.5. The monoisotopic (exact) mass is 790 g/mol. The maximum Gasteiger partial charge on any atom is 0.309 e. The molecule has 0 N–H and O–H groups in total. The van der Waals surface area contributed by atoms with Crippen molar-refractivity contribution in [2.24, 2.45) is 23.7 Å². The minimum absolute atomic E-state index is 0.0480. The van der Waals surface area contributed by atoms with Crippen molar-refractivity contribution >= 4 is 23.9 Å². The van der Waals surface area contributed by atoms with Crippen molar-refractivity contribution in [3.05, 3.63) is 75.8 Å². The van der Waals surface area contributed by atoms with Gasteiger partial charge >= 0.3 is 23.9 Å². The molecule has 0 amide bonds. The van der Waals surface area contributed by atoms with Crippen LogP contribution in [0.1, 0.15) is 102 Å². The third-order valence-corrected chi connectivity index (χ3v) is 12.5. The van der Waals surface area contributed by atoms with Crippen LogP contribution in [0.2, 0.25) is 0 Å². The minimum atomic E-state index is -2.26. The molecule has 306 valence electrons. The van der Waals surface area contributed by atoms with Crippen molar-refractivity contribution in [2.75, 3.05) is 26.4 Å². The van der Waals surface area contributed by atoms with Gasteiger partial charge in [-0.05, 0) is 38.8 Å². The van der Waals surface area contributed by atoms with E-state index in [1.54, 1.807) is 0 Å². The molecule has 4 aliphatic carbocycles. The van der Waals surface area contributed by atoms with Crippen LogP contribution in [0.5, 0.6) is 0 Å². The van der Waals surface area contributed by atoms with Gasteiger partial charge in [-0.1, -0.05) is 24.3 Å². The first-order chi connectivity index (χ1) is 26.4. The lowest BCUT2D eigenvalue weighted by molar-refractivity contribution is -0.644. The lowest BCUT2D eigenvalue weighted by Gasteiger charge is -2.52. The molecule has 56 heavy (non-hydrogen) atoms. The summed E-state index contributed by atoms with van der Waals surface area (Å²) >= 11 is 0. The number of carbonyl (C=O) groups excluding carboxylic acids is 4. The van der Waals surface area contributed by atoms with Crippen LogP contribution in [0.15, 0.2) is 24.3 Å². The Morgan fingerprint density at radius 2 is 0.643 bits per heavy atom. The molecule has 4 bridgehead atoms. The van der Waals surface area contributed by atoms with E-state index < -0.39 is 153 Å². The summed E-state index contributed by atoms with van der Waals surface area (Å²) in [5, 5.41) is 53.1. The number of rotatable bonds is 14. The van der Waals surface area contributed by atoms with E-state index in [1.165, 1.54) is 52.0 Å². The lowest BCUT2D eigenvalue weighted by atomic mass is 9.48. The number of fused-ring (bicyclic) bond motifs is 4. The van der Waals surface area contributed by atoms with Gasteiger partial charge in [-0.3, -0.25) is 59.6 Å². The molecule has 0 heterocycles. The van der Waals surface area contributed by atoms with Gasteiger partial charge in [-0.25, -0.2) is 0 Å². The van der Waals surface area contributed by atoms with Crippen LogP contribution in [-0.4, -0.2) is 92.2 Å². The molecule has 0 saturated heterocycles. The SMILES string of the molecule is CCOC(=O)C1CC2([N+](=O)[O-])CC(C(=O)OCC)CC([N+](=O)[O-])(C1)C2c1ccc(C2C3([N+](=O)[O-])CC(C(=O)OCC)CC2([N+](=O)[O-])CC(C(=O)OCC)C3)cc1. The Morgan fingerprint density at radius 1 is 0.464 bits per heavy atom. The van der Waals surface area contributed by atoms with Gasteiger partial charge in [0.25, 0.3) is 0 Å². The normalized spacial score (nSPS) is 34.6. The highest BCUT2D eigenvalue weighted by Gasteiger charge is 2.77. The number of nitro groups is 4. The average Bonchev–Trinajstić information content (AvgIpc) is 3.13. The quantitative estimate of drug-likeness (QED) is 0.112. The Balaban J connectivity index is 1.68. The van der Waals surface area contributed by atoms with E-state index in [0.29, 0.717) is 0 Å². The number of ether oxygens (including phenoxy) is 4. The van der Waals surface area contributed by atoms with Crippen LogP contribution in [0.4, 0.5) is 0 Å². The maximum atomic E-state index is 13.3. The number of carbonyl (C=O) groups is 4. The molecule has 1 aromatic rings. The average molecular weight is 791 g/mol. The molecule has 0 spiro atoms. The van der Waals surface area contributed by atoms with E-state index in [0.717, 1.165) is 0 Å². The number of benzene rings is 1. The largest absolute Gasteiger partial charge is 0.466 e. The topological polar surface area (TPSA) is 278 Å². The highest BCUT2D eigenvalue weighted by atomic mass is 16.7. The molecule has 0 aromatic heterocycles. The molecule has 0 unspecified atom stereocenters. The predicted molar refractivity (Wildman–Crippen MR) is 188 cm³/mol. The third kappa shape index (κ3) is 6.69. The second-order valence-electron chi connectivity index (χ2n) is 15.4. The Kier molecular flexibility index (Phi) is 11.7. The van der Waals surface area contributed by atoms with Crippen molar-refractivity contribution in [2.45, 2.75) is 113 Å². The summed E-state index contributed by atoms with van der Waals surface area (Å²) in [4.78, 5) is 103. The summed E-state index contributed by atoms with van der Waals surface area (Å²) in [6.45, 7) is 5.77. The van der Waals surface area contributed by atoms with Crippen LogP contribution in [0, 0.1) is 64.1 Å². The van der Waals surface area contributed by atoms with Gasteiger partial charge in [0.2, 0.25) is 22.2 Å². The van der Waals surface area contributed by atoms with E-state index in [-0.39, 0.29) is 37.6 Å². The smallest absolute Gasteiger partial charge is 0.309 e. The molecule has 0 atom stereocenters. The minimum Gasteiger partial charge on any atom is -0.466 e. The highest BCUT2D eigenvalue weighted by molar-refractivity contribution is 5.76. The second-order valence-corrected chi connectivity index (χ2v) is 15.4. The molecule has 4 fully saturated rings. The fourth-order valence-electron chi connectivity index (χ4n) is 10.8. The maximum absolute atomic E-state index is 13.3. The Labute approximate surface area is 320 Å². The fraction of sp³-hybridized carbons (Fsp3) is 0.722. The molecular weight excluding hydrogens is 744 g/mol. The zero-order valence-electron chi connectivity index (χ0n) is 31.6. The van der Waals surface area contributed by atoms with E-state index in [1.807, 2.05) is 0 Å². The van der Waals surface area contributed by atoms with Crippen LogP contribution >= 0.6 is 0 Å². The molecule has 1 aromatic carbocycles. The Morgan fingerprint density at radius 3 is 0.786 bits per heavy atom. The standard InChI is InChI=1S/C36H46N4O16/c1-5-53-29(41)23-13-33(37(45)46)15-24(30(42)54-6-2)16-34(14-23,38(47)48)27(33)21-9-11-22(12-10-21)28-35(39(49)50)17-25(31(43)55-7-3)18-36(28,40(51)52)20-26(19-35)32(44)56-8-4/h9-12,23-28H,5-8,13-20H2,1-4H3.